The van der Waals surface area contributed by atoms with Gasteiger partial charge in [0, 0.05) is 25.4 Å². The van der Waals surface area contributed by atoms with Crippen LogP contribution in [0.2, 0.25) is 0 Å². The summed E-state index contributed by atoms with van der Waals surface area (Å²) in [6.45, 7) is 0.807. The van der Waals surface area contributed by atoms with Crippen LogP contribution in [-0.4, -0.2) is 23.5 Å². The minimum Gasteiger partial charge on any atom is -0.406 e. The molecule has 1 heterocycles. The van der Waals surface area contributed by atoms with Gasteiger partial charge in [-0.2, -0.15) is 0 Å². The molecule has 1 aromatic heterocycles. The van der Waals surface area contributed by atoms with Crippen molar-refractivity contribution in [2.24, 2.45) is 0 Å². The number of amides is 2. The summed E-state index contributed by atoms with van der Waals surface area (Å²) in [5.41, 5.74) is 5.16. The van der Waals surface area contributed by atoms with Gasteiger partial charge in [0.1, 0.15) is 5.75 Å². The first-order valence-electron chi connectivity index (χ1n) is 7.65. The van der Waals surface area contributed by atoms with Gasteiger partial charge < -0.3 is 14.6 Å². The average molecular weight is 370 g/mol. The smallest absolute Gasteiger partial charge is 0.406 e. The number of carbonyl (C=O) groups is 1. The van der Waals surface area contributed by atoms with Crippen LogP contribution < -0.4 is 26.5 Å². The summed E-state index contributed by atoms with van der Waals surface area (Å²) in [7, 11) is 0. The lowest BCUT2D eigenvalue weighted by Crippen LogP contribution is -2.39. The molecule has 0 bridgehead atoms. The minimum absolute atomic E-state index is 0.114. The number of nitrogens with zero attached hydrogens (tertiary/aromatic N) is 1. The number of aryl methyl sites for hydroxylation is 1. The molecule has 140 valence electrons. The van der Waals surface area contributed by atoms with Crippen LogP contribution >= 0.6 is 0 Å². The van der Waals surface area contributed by atoms with E-state index in [-0.39, 0.29) is 11.3 Å². The highest BCUT2D eigenvalue weighted by Crippen LogP contribution is 2.23. The molecule has 0 atom stereocenters. The van der Waals surface area contributed by atoms with Gasteiger partial charge in [0.05, 0.1) is 5.69 Å². The van der Waals surface area contributed by atoms with Crippen molar-refractivity contribution in [2.45, 2.75) is 19.3 Å². The molecular weight excluding hydrogens is 353 g/mol. The van der Waals surface area contributed by atoms with E-state index < -0.39 is 12.4 Å². The zero-order chi connectivity index (χ0) is 19.0. The second kappa shape index (κ2) is 8.79. The standard InChI is InChI=1S/C16H17F3N4O3/c17-16(18,19)26-13-7-5-12(6-8-13)21-22-15(25)20-9-3-11-23-10-2-1-4-14(23)24/h1-2,4-8,10,21H,3,9,11H2,(H2,20,22,25). The predicted molar refractivity (Wildman–Crippen MR) is 88.6 cm³/mol. The molecule has 0 fully saturated rings. The summed E-state index contributed by atoms with van der Waals surface area (Å²) in [5, 5.41) is 2.58. The van der Waals surface area contributed by atoms with E-state index in [1.54, 1.807) is 18.3 Å². The number of benzene rings is 1. The number of urea groups is 1. The molecule has 0 saturated heterocycles. The van der Waals surface area contributed by atoms with Gasteiger partial charge in [-0.15, -0.1) is 13.2 Å². The molecule has 7 nitrogen and oxygen atoms in total. The highest BCUT2D eigenvalue weighted by atomic mass is 19.4. The number of ether oxygens (including phenoxy) is 1. The lowest BCUT2D eigenvalue weighted by atomic mass is 10.3. The number of pyridine rings is 1. The third-order valence-electron chi connectivity index (χ3n) is 3.17. The van der Waals surface area contributed by atoms with Crippen molar-refractivity contribution in [3.05, 3.63) is 59.0 Å². The maximum atomic E-state index is 12.1. The van der Waals surface area contributed by atoms with Crippen molar-refractivity contribution in [3.8, 4) is 5.75 Å². The van der Waals surface area contributed by atoms with E-state index in [2.05, 4.69) is 20.9 Å². The van der Waals surface area contributed by atoms with Gasteiger partial charge in [-0.05, 0) is 36.8 Å². The maximum absolute atomic E-state index is 12.1. The average Bonchev–Trinajstić information content (AvgIpc) is 2.58. The SMILES string of the molecule is O=C(NCCCn1ccccc1=O)NNc1ccc(OC(F)(F)F)cc1. The van der Waals surface area contributed by atoms with E-state index in [1.807, 2.05) is 0 Å². The maximum Gasteiger partial charge on any atom is 0.573 e. The largest absolute Gasteiger partial charge is 0.573 e. The van der Waals surface area contributed by atoms with Crippen molar-refractivity contribution >= 4 is 11.7 Å². The fourth-order valence-electron chi connectivity index (χ4n) is 2.01. The number of alkyl halides is 3. The van der Waals surface area contributed by atoms with Crippen LogP contribution in [0.4, 0.5) is 23.7 Å². The molecule has 10 heteroatoms. The highest BCUT2D eigenvalue weighted by Gasteiger charge is 2.30. The first-order chi connectivity index (χ1) is 12.3. The van der Waals surface area contributed by atoms with E-state index >= 15 is 0 Å². The van der Waals surface area contributed by atoms with E-state index in [0.29, 0.717) is 25.2 Å². The summed E-state index contributed by atoms with van der Waals surface area (Å²) in [5.74, 6) is -0.358. The molecule has 0 aliphatic carbocycles. The Bertz CT molecular complexity index is 775. The summed E-state index contributed by atoms with van der Waals surface area (Å²) in [6, 6.07) is 9.22. The fraction of sp³-hybridized carbons (Fsp3) is 0.250. The van der Waals surface area contributed by atoms with Gasteiger partial charge in [0.2, 0.25) is 5.56 Å². The molecular formula is C16H17F3N4O3. The molecule has 2 aromatic rings. The van der Waals surface area contributed by atoms with Crippen LogP contribution in [0.5, 0.6) is 5.75 Å². The molecule has 1 aromatic carbocycles. The van der Waals surface area contributed by atoms with Crippen molar-refractivity contribution in [1.29, 1.82) is 0 Å². The van der Waals surface area contributed by atoms with E-state index in [0.717, 1.165) is 12.1 Å². The molecule has 2 amide bonds. The Kier molecular flexibility index (Phi) is 6.48. The van der Waals surface area contributed by atoms with Crippen LogP contribution in [-0.2, 0) is 6.54 Å². The second-order valence-electron chi connectivity index (χ2n) is 5.16. The van der Waals surface area contributed by atoms with Crippen molar-refractivity contribution in [1.82, 2.24) is 15.3 Å². The molecule has 0 aliphatic rings. The normalized spacial score (nSPS) is 10.9. The van der Waals surface area contributed by atoms with Gasteiger partial charge in [-0.3, -0.25) is 15.6 Å². The fourth-order valence-corrected chi connectivity index (χ4v) is 2.01. The Labute approximate surface area is 146 Å². The third-order valence-corrected chi connectivity index (χ3v) is 3.17. The number of hydrogen-bond donors (Lipinski definition) is 3. The third kappa shape index (κ3) is 6.75. The molecule has 2 rings (SSSR count). The van der Waals surface area contributed by atoms with Gasteiger partial charge in [-0.25, -0.2) is 4.79 Å². The Balaban J connectivity index is 1.67. The summed E-state index contributed by atoms with van der Waals surface area (Å²) in [6.07, 6.45) is -2.53. The molecule has 0 radical (unpaired) electrons. The number of nitrogens with one attached hydrogen (secondary N) is 3. The number of anilines is 1. The summed E-state index contributed by atoms with van der Waals surface area (Å²) >= 11 is 0. The molecule has 3 N–H and O–H groups in total. The van der Waals surface area contributed by atoms with Gasteiger partial charge >= 0.3 is 12.4 Å². The summed E-state index contributed by atoms with van der Waals surface area (Å²) in [4.78, 5) is 23.1. The number of rotatable bonds is 7. The first-order valence-corrected chi connectivity index (χ1v) is 7.65. The number of carbonyl (C=O) groups excluding carboxylic acids is 1. The van der Waals surface area contributed by atoms with Gasteiger partial charge in [-0.1, -0.05) is 6.07 Å². The molecule has 0 saturated carbocycles. The van der Waals surface area contributed by atoms with Crippen LogP contribution in [0.25, 0.3) is 0 Å². The van der Waals surface area contributed by atoms with Crippen molar-refractivity contribution in [2.75, 3.05) is 12.0 Å². The number of halogens is 3. The Morgan fingerprint density at radius 3 is 2.50 bits per heavy atom. The predicted octanol–water partition coefficient (Wildman–Crippen LogP) is 2.46. The monoisotopic (exact) mass is 370 g/mol. The topological polar surface area (TPSA) is 84.4 Å². The van der Waals surface area contributed by atoms with E-state index in [9.17, 15) is 22.8 Å². The minimum atomic E-state index is -4.75. The zero-order valence-electron chi connectivity index (χ0n) is 13.5. The lowest BCUT2D eigenvalue weighted by Gasteiger charge is -2.12. The van der Waals surface area contributed by atoms with E-state index in [1.165, 1.54) is 22.8 Å². The number of hydrogen-bond acceptors (Lipinski definition) is 4. The molecule has 0 aliphatic heterocycles. The second-order valence-corrected chi connectivity index (χ2v) is 5.16. The van der Waals surface area contributed by atoms with Crippen LogP contribution in [0, 0.1) is 0 Å². The zero-order valence-corrected chi connectivity index (χ0v) is 13.5. The quantitative estimate of drug-likeness (QED) is 0.516. The van der Waals surface area contributed by atoms with Crippen molar-refractivity contribution in [3.63, 3.8) is 0 Å². The molecule has 26 heavy (non-hydrogen) atoms. The number of hydrazine groups is 1. The van der Waals surface area contributed by atoms with Crippen LogP contribution in [0.15, 0.2) is 53.5 Å². The van der Waals surface area contributed by atoms with E-state index in [4.69, 9.17) is 0 Å². The van der Waals surface area contributed by atoms with Gasteiger partial charge in [0.25, 0.3) is 0 Å². The van der Waals surface area contributed by atoms with Crippen LogP contribution in [0.3, 0.4) is 0 Å². The highest BCUT2D eigenvalue weighted by molar-refractivity contribution is 5.75. The van der Waals surface area contributed by atoms with Gasteiger partial charge in [0.15, 0.2) is 0 Å². The Hall–Kier alpha value is -3.17. The molecule has 0 spiro atoms. The van der Waals surface area contributed by atoms with Crippen molar-refractivity contribution < 1.29 is 22.7 Å². The molecule has 0 unspecified atom stereocenters. The first kappa shape index (κ1) is 19.2. The summed E-state index contributed by atoms with van der Waals surface area (Å²) < 4.78 is 41.4. The Morgan fingerprint density at radius 1 is 1.12 bits per heavy atom. The van der Waals surface area contributed by atoms with Crippen LogP contribution in [0.1, 0.15) is 6.42 Å². The lowest BCUT2D eigenvalue weighted by molar-refractivity contribution is -0.274. The Morgan fingerprint density at radius 2 is 1.85 bits per heavy atom. The number of aromatic nitrogens is 1.